The second kappa shape index (κ2) is 2.99. The van der Waals surface area contributed by atoms with Crippen molar-refractivity contribution >= 4 is 6.08 Å². The van der Waals surface area contributed by atoms with Crippen LogP contribution in [-0.4, -0.2) is 0 Å². The fourth-order valence-corrected chi connectivity index (χ4v) is 1.25. The molecule has 0 aromatic heterocycles. The van der Waals surface area contributed by atoms with Gasteiger partial charge in [-0.1, -0.05) is 18.2 Å². The van der Waals surface area contributed by atoms with Crippen molar-refractivity contribution in [3.63, 3.8) is 0 Å². The summed E-state index contributed by atoms with van der Waals surface area (Å²) in [6, 6.07) is 6.01. The van der Waals surface area contributed by atoms with E-state index in [1.54, 1.807) is 0 Å². The minimum Gasteiger partial charge on any atom is -0.337 e. The summed E-state index contributed by atoms with van der Waals surface area (Å²) in [5.41, 5.74) is 2.30. The van der Waals surface area contributed by atoms with E-state index in [0.717, 1.165) is 11.3 Å². The van der Waals surface area contributed by atoms with Gasteiger partial charge in [-0.05, 0) is 24.6 Å². The van der Waals surface area contributed by atoms with Crippen molar-refractivity contribution < 1.29 is 9.78 Å². The van der Waals surface area contributed by atoms with Gasteiger partial charge in [-0.15, -0.1) is 0 Å². The molecule has 1 heterocycles. The molecule has 1 aromatic carbocycles. The number of hydrogen-bond donors (Lipinski definition) is 0. The van der Waals surface area contributed by atoms with Gasteiger partial charge in [-0.2, -0.15) is 4.89 Å². The third-order valence-corrected chi connectivity index (χ3v) is 1.81. The number of hydrogen-bond acceptors (Lipinski definition) is 2. The van der Waals surface area contributed by atoms with Gasteiger partial charge in [0.15, 0.2) is 5.75 Å². The molecule has 0 spiro atoms. The zero-order valence-electron chi connectivity index (χ0n) is 6.91. The maximum Gasteiger partial charge on any atom is 0.171 e. The lowest BCUT2D eigenvalue weighted by molar-refractivity contribution is -0.194. The van der Waals surface area contributed by atoms with Gasteiger partial charge in [0.1, 0.15) is 6.61 Å². The molecule has 1 aromatic rings. The smallest absolute Gasteiger partial charge is 0.171 e. The van der Waals surface area contributed by atoms with Crippen LogP contribution in [0.4, 0.5) is 0 Å². The van der Waals surface area contributed by atoms with Crippen LogP contribution in [0.25, 0.3) is 6.08 Å². The minimum absolute atomic E-state index is 0.556. The summed E-state index contributed by atoms with van der Waals surface area (Å²) in [5.74, 6) is 0.836. The fraction of sp³-hybridized carbons (Fsp3) is 0.200. The Labute approximate surface area is 71.4 Å². The van der Waals surface area contributed by atoms with Gasteiger partial charge in [-0.25, -0.2) is 0 Å². The van der Waals surface area contributed by atoms with Crippen LogP contribution in [0.2, 0.25) is 0 Å². The van der Waals surface area contributed by atoms with E-state index >= 15 is 0 Å². The van der Waals surface area contributed by atoms with E-state index in [9.17, 15) is 0 Å². The fourth-order valence-electron chi connectivity index (χ4n) is 1.25. The van der Waals surface area contributed by atoms with Crippen LogP contribution in [0.15, 0.2) is 24.3 Å². The summed E-state index contributed by atoms with van der Waals surface area (Å²) in [6.07, 6.45) is 4.07. The van der Waals surface area contributed by atoms with E-state index in [4.69, 9.17) is 9.78 Å². The minimum atomic E-state index is 0.556. The van der Waals surface area contributed by atoms with Crippen molar-refractivity contribution in [3.8, 4) is 5.75 Å². The Kier molecular flexibility index (Phi) is 1.84. The van der Waals surface area contributed by atoms with Crippen LogP contribution in [0.3, 0.4) is 0 Å². The van der Waals surface area contributed by atoms with Crippen LogP contribution in [0.5, 0.6) is 5.75 Å². The van der Waals surface area contributed by atoms with Crippen molar-refractivity contribution in [2.24, 2.45) is 0 Å². The molecule has 2 rings (SSSR count). The number of fused-ring (bicyclic) bond motifs is 1. The molecular weight excluding hydrogens is 152 g/mol. The van der Waals surface area contributed by atoms with Gasteiger partial charge in [0.2, 0.25) is 0 Å². The highest BCUT2D eigenvalue weighted by atomic mass is 17.2. The van der Waals surface area contributed by atoms with Gasteiger partial charge >= 0.3 is 0 Å². The zero-order chi connectivity index (χ0) is 8.39. The van der Waals surface area contributed by atoms with Crippen molar-refractivity contribution in [2.45, 2.75) is 13.5 Å². The zero-order valence-corrected chi connectivity index (χ0v) is 6.91. The van der Waals surface area contributed by atoms with Crippen LogP contribution < -0.4 is 4.89 Å². The molecule has 1 aliphatic heterocycles. The lowest BCUT2D eigenvalue weighted by Crippen LogP contribution is -1.80. The third kappa shape index (κ3) is 1.21. The van der Waals surface area contributed by atoms with Crippen LogP contribution in [0, 0.1) is 0 Å². The maximum absolute atomic E-state index is 4.91. The monoisotopic (exact) mass is 162 g/mol. The topological polar surface area (TPSA) is 18.5 Å². The number of rotatable bonds is 1. The standard InChI is InChI=1S/C10H10O2/c1-2-3-8-4-5-10-9(6-8)7-11-12-10/h2-6H,7H2,1H3. The van der Waals surface area contributed by atoms with Crippen LogP contribution in [0.1, 0.15) is 18.1 Å². The van der Waals surface area contributed by atoms with Gasteiger partial charge < -0.3 is 4.89 Å². The maximum atomic E-state index is 4.91. The van der Waals surface area contributed by atoms with Gasteiger partial charge in [0.25, 0.3) is 0 Å². The highest BCUT2D eigenvalue weighted by molar-refractivity contribution is 5.53. The summed E-state index contributed by atoms with van der Waals surface area (Å²) in [4.78, 5) is 9.73. The Balaban J connectivity index is 2.38. The highest BCUT2D eigenvalue weighted by Crippen LogP contribution is 2.26. The van der Waals surface area contributed by atoms with E-state index in [-0.39, 0.29) is 0 Å². The van der Waals surface area contributed by atoms with E-state index in [1.165, 1.54) is 5.56 Å². The SMILES string of the molecule is CC=Cc1ccc2c(c1)COO2. The van der Waals surface area contributed by atoms with Crippen LogP contribution >= 0.6 is 0 Å². The van der Waals surface area contributed by atoms with E-state index < -0.39 is 0 Å². The first kappa shape index (κ1) is 7.37. The average molecular weight is 162 g/mol. The molecule has 1 aliphatic rings. The van der Waals surface area contributed by atoms with E-state index in [0.29, 0.717) is 6.61 Å². The normalized spacial score (nSPS) is 14.8. The molecular formula is C10H10O2. The molecule has 0 saturated heterocycles. The molecule has 0 amide bonds. The molecule has 0 saturated carbocycles. The molecule has 62 valence electrons. The Morgan fingerprint density at radius 3 is 3.17 bits per heavy atom. The second-order valence-electron chi connectivity index (χ2n) is 2.71. The quantitative estimate of drug-likeness (QED) is 0.591. The number of benzene rings is 1. The summed E-state index contributed by atoms with van der Waals surface area (Å²) in [7, 11) is 0. The molecule has 0 fully saturated rings. The van der Waals surface area contributed by atoms with Crippen molar-refractivity contribution in [2.75, 3.05) is 0 Å². The molecule has 0 aliphatic carbocycles. The largest absolute Gasteiger partial charge is 0.337 e. The summed E-state index contributed by atoms with van der Waals surface area (Å²) in [6.45, 7) is 2.56. The Morgan fingerprint density at radius 1 is 1.42 bits per heavy atom. The van der Waals surface area contributed by atoms with Gasteiger partial charge in [0, 0.05) is 5.56 Å². The Morgan fingerprint density at radius 2 is 2.33 bits per heavy atom. The molecule has 2 heteroatoms. The van der Waals surface area contributed by atoms with Gasteiger partial charge in [-0.3, -0.25) is 0 Å². The molecule has 0 radical (unpaired) electrons. The van der Waals surface area contributed by atoms with Crippen molar-refractivity contribution in [1.29, 1.82) is 0 Å². The average Bonchev–Trinajstić information content (AvgIpc) is 2.51. The first-order valence-corrected chi connectivity index (χ1v) is 3.95. The predicted molar refractivity (Wildman–Crippen MR) is 46.6 cm³/mol. The van der Waals surface area contributed by atoms with E-state index in [2.05, 4.69) is 12.1 Å². The first-order valence-electron chi connectivity index (χ1n) is 3.95. The van der Waals surface area contributed by atoms with E-state index in [1.807, 2.05) is 25.1 Å². The van der Waals surface area contributed by atoms with Crippen LogP contribution in [-0.2, 0) is 11.5 Å². The lowest BCUT2D eigenvalue weighted by Gasteiger charge is -1.95. The number of allylic oxidation sites excluding steroid dienone is 1. The predicted octanol–water partition coefficient (Wildman–Crippen LogP) is 2.54. The summed E-state index contributed by atoms with van der Waals surface area (Å²) < 4.78 is 0. The molecule has 0 unspecified atom stereocenters. The molecule has 0 bridgehead atoms. The lowest BCUT2D eigenvalue weighted by atomic mass is 10.1. The second-order valence-corrected chi connectivity index (χ2v) is 2.71. The Bertz CT molecular complexity index is 316. The molecule has 0 atom stereocenters. The molecule has 12 heavy (non-hydrogen) atoms. The highest BCUT2D eigenvalue weighted by Gasteiger charge is 2.12. The van der Waals surface area contributed by atoms with Crippen molar-refractivity contribution in [1.82, 2.24) is 0 Å². The summed E-state index contributed by atoms with van der Waals surface area (Å²) in [5, 5.41) is 0. The summed E-state index contributed by atoms with van der Waals surface area (Å²) >= 11 is 0. The Hall–Kier alpha value is -1.28. The van der Waals surface area contributed by atoms with Gasteiger partial charge in [0.05, 0.1) is 0 Å². The third-order valence-electron chi connectivity index (χ3n) is 1.81. The molecule has 2 nitrogen and oxygen atoms in total. The van der Waals surface area contributed by atoms with Crippen molar-refractivity contribution in [3.05, 3.63) is 35.4 Å². The molecule has 0 N–H and O–H groups in total. The first-order chi connectivity index (χ1) is 5.90.